The van der Waals surface area contributed by atoms with Gasteiger partial charge in [-0.25, -0.2) is 26.7 Å². The van der Waals surface area contributed by atoms with Gasteiger partial charge in [-0.3, -0.25) is 0 Å². The first-order valence-electron chi connectivity index (χ1n) is 5.19. The van der Waals surface area contributed by atoms with Gasteiger partial charge in [-0.05, 0) is 17.7 Å². The molecule has 2 aromatic rings. The molecule has 20 heavy (non-hydrogen) atoms. The van der Waals surface area contributed by atoms with Gasteiger partial charge in [0, 0.05) is 0 Å². The van der Waals surface area contributed by atoms with Crippen LogP contribution in [0.1, 0.15) is 10.4 Å². The van der Waals surface area contributed by atoms with Crippen LogP contribution in [0, 0.1) is 29.1 Å². The molecule has 7 heteroatoms. The van der Waals surface area contributed by atoms with Crippen LogP contribution in [0.5, 0.6) is 0 Å². The standard InChI is InChI=1S/C13H5F5O2/c14-6-3-1-5(2-4-6)7-9(15)11(17)8(13(19)20)12(18)10(7)16/h1-4H,(H,19,20). The summed E-state index contributed by atoms with van der Waals surface area (Å²) in [6, 6.07) is 3.51. The van der Waals surface area contributed by atoms with Crippen LogP contribution in [0.2, 0.25) is 0 Å². The third-order valence-electron chi connectivity index (χ3n) is 2.61. The lowest BCUT2D eigenvalue weighted by Crippen LogP contribution is -2.11. The second-order valence-corrected chi connectivity index (χ2v) is 3.82. The third kappa shape index (κ3) is 2.11. The molecule has 0 bridgehead atoms. The lowest BCUT2D eigenvalue weighted by atomic mass is 10.0. The number of rotatable bonds is 2. The average Bonchev–Trinajstić information content (AvgIpc) is 2.39. The molecule has 0 fully saturated rings. The lowest BCUT2D eigenvalue weighted by molar-refractivity contribution is 0.0683. The smallest absolute Gasteiger partial charge is 0.341 e. The van der Waals surface area contributed by atoms with E-state index in [4.69, 9.17) is 5.11 Å². The summed E-state index contributed by atoms with van der Waals surface area (Å²) in [6.45, 7) is 0. The van der Waals surface area contributed by atoms with Gasteiger partial charge in [-0.1, -0.05) is 12.1 Å². The zero-order chi connectivity index (χ0) is 15.0. The highest BCUT2D eigenvalue weighted by molar-refractivity contribution is 5.89. The van der Waals surface area contributed by atoms with Crippen molar-refractivity contribution < 1.29 is 31.9 Å². The highest BCUT2D eigenvalue weighted by Crippen LogP contribution is 2.32. The molecule has 0 heterocycles. The van der Waals surface area contributed by atoms with Crippen LogP contribution >= 0.6 is 0 Å². The van der Waals surface area contributed by atoms with Crippen LogP contribution in [0.15, 0.2) is 24.3 Å². The number of halogens is 5. The highest BCUT2D eigenvalue weighted by Gasteiger charge is 2.29. The molecule has 2 rings (SSSR count). The Labute approximate surface area is 109 Å². The molecule has 0 amide bonds. The van der Waals surface area contributed by atoms with Crippen LogP contribution in [0.25, 0.3) is 11.1 Å². The molecule has 1 N–H and O–H groups in total. The second-order valence-electron chi connectivity index (χ2n) is 3.82. The predicted octanol–water partition coefficient (Wildman–Crippen LogP) is 3.75. The van der Waals surface area contributed by atoms with Gasteiger partial charge >= 0.3 is 5.97 Å². The van der Waals surface area contributed by atoms with Gasteiger partial charge < -0.3 is 5.11 Å². The summed E-state index contributed by atoms with van der Waals surface area (Å²) >= 11 is 0. The molecule has 0 aliphatic rings. The van der Waals surface area contributed by atoms with E-state index in [9.17, 15) is 26.7 Å². The van der Waals surface area contributed by atoms with Crippen LogP contribution in [-0.4, -0.2) is 11.1 Å². The summed E-state index contributed by atoms with van der Waals surface area (Å²) in [5, 5.41) is 8.53. The van der Waals surface area contributed by atoms with E-state index in [2.05, 4.69) is 0 Å². The van der Waals surface area contributed by atoms with Crippen LogP contribution in [0.4, 0.5) is 22.0 Å². The fourth-order valence-corrected chi connectivity index (χ4v) is 1.69. The van der Waals surface area contributed by atoms with Crippen molar-refractivity contribution in [2.45, 2.75) is 0 Å². The Morgan fingerprint density at radius 2 is 1.25 bits per heavy atom. The third-order valence-corrected chi connectivity index (χ3v) is 2.61. The Morgan fingerprint density at radius 1 is 0.800 bits per heavy atom. The normalized spacial score (nSPS) is 10.7. The van der Waals surface area contributed by atoms with E-state index in [1.165, 1.54) is 0 Å². The summed E-state index contributed by atoms with van der Waals surface area (Å²) in [5.74, 6) is -10.6. The van der Waals surface area contributed by atoms with Gasteiger partial charge in [-0.2, -0.15) is 0 Å². The quantitative estimate of drug-likeness (QED) is 0.675. The molecule has 0 aliphatic heterocycles. The number of aromatic carboxylic acids is 1. The molecule has 0 aromatic heterocycles. The summed E-state index contributed by atoms with van der Waals surface area (Å²) in [5.41, 5.74) is -3.13. The van der Waals surface area contributed by atoms with E-state index < -0.39 is 46.2 Å². The number of benzene rings is 2. The Bertz CT molecular complexity index is 666. The molecule has 0 radical (unpaired) electrons. The molecule has 104 valence electrons. The fourth-order valence-electron chi connectivity index (χ4n) is 1.69. The van der Waals surface area contributed by atoms with E-state index in [1.807, 2.05) is 0 Å². The number of hydrogen-bond donors (Lipinski definition) is 1. The monoisotopic (exact) mass is 288 g/mol. The van der Waals surface area contributed by atoms with Gasteiger partial charge in [0.05, 0.1) is 5.56 Å². The zero-order valence-corrected chi connectivity index (χ0v) is 9.55. The average molecular weight is 288 g/mol. The van der Waals surface area contributed by atoms with Crippen LogP contribution in [0.3, 0.4) is 0 Å². The minimum atomic E-state index is -2.14. The SMILES string of the molecule is O=C(O)c1c(F)c(F)c(-c2ccc(F)cc2)c(F)c1F. The Balaban J connectivity index is 2.79. The molecule has 0 saturated carbocycles. The number of carbonyl (C=O) groups is 1. The second kappa shape index (κ2) is 4.92. The van der Waals surface area contributed by atoms with E-state index >= 15 is 0 Å². The maximum atomic E-state index is 13.7. The van der Waals surface area contributed by atoms with Crippen molar-refractivity contribution in [2.75, 3.05) is 0 Å². The van der Waals surface area contributed by atoms with Crippen molar-refractivity contribution >= 4 is 5.97 Å². The molecule has 2 nitrogen and oxygen atoms in total. The molecule has 0 saturated heterocycles. The Hall–Kier alpha value is -2.44. The Morgan fingerprint density at radius 3 is 1.65 bits per heavy atom. The first-order chi connectivity index (χ1) is 9.34. The molecule has 2 aromatic carbocycles. The van der Waals surface area contributed by atoms with Crippen molar-refractivity contribution in [2.24, 2.45) is 0 Å². The first kappa shape index (κ1) is 14.0. The molecule has 0 aliphatic carbocycles. The van der Waals surface area contributed by atoms with Gasteiger partial charge in [0.2, 0.25) is 0 Å². The summed E-state index contributed by atoms with van der Waals surface area (Å²) in [4.78, 5) is 10.6. The fraction of sp³-hybridized carbons (Fsp3) is 0. The van der Waals surface area contributed by atoms with Gasteiger partial charge in [0.25, 0.3) is 0 Å². The van der Waals surface area contributed by atoms with Crippen molar-refractivity contribution in [1.29, 1.82) is 0 Å². The number of carboxylic acids is 1. The van der Waals surface area contributed by atoms with E-state index in [-0.39, 0.29) is 5.56 Å². The van der Waals surface area contributed by atoms with E-state index in [0.717, 1.165) is 24.3 Å². The number of carboxylic acid groups (broad SMARTS) is 1. The zero-order valence-electron chi connectivity index (χ0n) is 9.55. The van der Waals surface area contributed by atoms with Gasteiger partial charge in [0.15, 0.2) is 23.3 Å². The summed E-state index contributed by atoms with van der Waals surface area (Å²) in [7, 11) is 0. The summed E-state index contributed by atoms with van der Waals surface area (Å²) < 4.78 is 67.1. The maximum absolute atomic E-state index is 13.7. The maximum Gasteiger partial charge on any atom is 0.341 e. The van der Waals surface area contributed by atoms with Crippen molar-refractivity contribution in [3.05, 3.63) is 58.9 Å². The molecular formula is C13H5F5O2. The van der Waals surface area contributed by atoms with Crippen LogP contribution in [-0.2, 0) is 0 Å². The number of hydrogen-bond acceptors (Lipinski definition) is 1. The van der Waals surface area contributed by atoms with Crippen molar-refractivity contribution in [3.63, 3.8) is 0 Å². The van der Waals surface area contributed by atoms with E-state index in [0.29, 0.717) is 0 Å². The summed E-state index contributed by atoms with van der Waals surface area (Å²) in [6.07, 6.45) is 0. The largest absolute Gasteiger partial charge is 0.477 e. The van der Waals surface area contributed by atoms with Crippen LogP contribution < -0.4 is 0 Å². The van der Waals surface area contributed by atoms with E-state index in [1.54, 1.807) is 0 Å². The van der Waals surface area contributed by atoms with Gasteiger partial charge in [0.1, 0.15) is 11.4 Å². The Kier molecular flexibility index (Phi) is 3.44. The molecule has 0 unspecified atom stereocenters. The first-order valence-corrected chi connectivity index (χ1v) is 5.19. The molecule has 0 spiro atoms. The lowest BCUT2D eigenvalue weighted by Gasteiger charge is -2.10. The van der Waals surface area contributed by atoms with Gasteiger partial charge in [-0.15, -0.1) is 0 Å². The minimum absolute atomic E-state index is 0.323. The van der Waals surface area contributed by atoms with Crippen molar-refractivity contribution in [3.8, 4) is 11.1 Å². The predicted molar refractivity (Wildman–Crippen MR) is 58.6 cm³/mol. The molecule has 0 atom stereocenters. The highest BCUT2D eigenvalue weighted by atomic mass is 19.2. The topological polar surface area (TPSA) is 37.3 Å². The van der Waals surface area contributed by atoms with Crippen molar-refractivity contribution in [1.82, 2.24) is 0 Å². The minimum Gasteiger partial charge on any atom is -0.477 e. The molecular weight excluding hydrogens is 283 g/mol.